The van der Waals surface area contributed by atoms with Crippen LogP contribution in [0.3, 0.4) is 0 Å². The van der Waals surface area contributed by atoms with Crippen LogP contribution in [0.4, 0.5) is 0 Å². The van der Waals surface area contributed by atoms with Gasteiger partial charge in [-0.1, -0.05) is 164 Å². The summed E-state index contributed by atoms with van der Waals surface area (Å²) < 4.78 is 11.4. The highest BCUT2D eigenvalue weighted by Crippen LogP contribution is 2.25. The van der Waals surface area contributed by atoms with E-state index in [0.717, 1.165) is 50.4 Å². The fourth-order valence-electron chi connectivity index (χ4n) is 8.15. The molecular formula is C47H91NO4. The van der Waals surface area contributed by atoms with E-state index in [2.05, 4.69) is 46.4 Å². The van der Waals surface area contributed by atoms with Gasteiger partial charge in [0, 0.05) is 12.8 Å². The number of unbranched alkanes of at least 4 members (excludes halogenated alkanes) is 12. The molecular weight excluding hydrogens is 643 g/mol. The second-order valence-electron chi connectivity index (χ2n) is 17.7. The van der Waals surface area contributed by atoms with Crippen LogP contribution in [-0.2, 0) is 19.1 Å². The average molecular weight is 734 g/mol. The zero-order valence-corrected chi connectivity index (χ0v) is 36.0. The lowest BCUT2D eigenvalue weighted by atomic mass is 9.89. The quantitative estimate of drug-likeness (QED) is 0.0470. The SMILES string of the molecule is CCCCCC(CCCCC)CCOC(=O)CCCCCCCC(CCCCCCCC(=O)OCC(CCC(C)C)C(C)C)CCCN1CCCC1. The van der Waals surface area contributed by atoms with E-state index in [1.807, 2.05) is 0 Å². The zero-order valence-electron chi connectivity index (χ0n) is 36.0. The van der Waals surface area contributed by atoms with Gasteiger partial charge < -0.3 is 14.4 Å². The van der Waals surface area contributed by atoms with Crippen LogP contribution in [0.5, 0.6) is 0 Å². The third kappa shape index (κ3) is 29.3. The number of esters is 2. The van der Waals surface area contributed by atoms with E-state index < -0.39 is 0 Å². The van der Waals surface area contributed by atoms with Crippen molar-refractivity contribution in [1.82, 2.24) is 4.90 Å². The minimum atomic E-state index is 0.00267. The maximum absolute atomic E-state index is 12.4. The Morgan fingerprint density at radius 3 is 1.50 bits per heavy atom. The zero-order chi connectivity index (χ0) is 38.1. The number of hydrogen-bond donors (Lipinski definition) is 0. The first-order valence-electron chi connectivity index (χ1n) is 23.3. The van der Waals surface area contributed by atoms with Gasteiger partial charge in [-0.2, -0.15) is 0 Å². The number of carbonyl (C=O) groups excluding carboxylic acids is 2. The fraction of sp³-hybridized carbons (Fsp3) is 0.957. The molecule has 2 unspecified atom stereocenters. The summed E-state index contributed by atoms with van der Waals surface area (Å²) in [4.78, 5) is 27.4. The predicted octanol–water partition coefficient (Wildman–Crippen LogP) is 13.9. The summed E-state index contributed by atoms with van der Waals surface area (Å²) in [6.45, 7) is 18.7. The van der Waals surface area contributed by atoms with E-state index in [-0.39, 0.29) is 11.9 Å². The van der Waals surface area contributed by atoms with Crippen LogP contribution in [0.15, 0.2) is 0 Å². The molecule has 1 heterocycles. The Hall–Kier alpha value is -1.10. The highest BCUT2D eigenvalue weighted by atomic mass is 16.5. The molecule has 52 heavy (non-hydrogen) atoms. The first kappa shape index (κ1) is 48.9. The van der Waals surface area contributed by atoms with Gasteiger partial charge in [0.1, 0.15) is 0 Å². The van der Waals surface area contributed by atoms with Crippen LogP contribution in [-0.4, -0.2) is 49.7 Å². The fourth-order valence-corrected chi connectivity index (χ4v) is 8.15. The first-order valence-corrected chi connectivity index (χ1v) is 23.3. The van der Waals surface area contributed by atoms with Crippen molar-refractivity contribution in [2.45, 2.75) is 228 Å². The van der Waals surface area contributed by atoms with Crippen molar-refractivity contribution >= 4 is 11.9 Å². The molecule has 1 aliphatic rings. The Morgan fingerprint density at radius 1 is 0.519 bits per heavy atom. The van der Waals surface area contributed by atoms with Gasteiger partial charge in [-0.25, -0.2) is 0 Å². The summed E-state index contributed by atoms with van der Waals surface area (Å²) in [6.07, 6.45) is 35.2. The van der Waals surface area contributed by atoms with Crippen molar-refractivity contribution in [3.8, 4) is 0 Å². The molecule has 0 aromatic rings. The van der Waals surface area contributed by atoms with Gasteiger partial charge in [-0.3, -0.25) is 9.59 Å². The van der Waals surface area contributed by atoms with Crippen molar-refractivity contribution in [2.24, 2.45) is 29.6 Å². The van der Waals surface area contributed by atoms with Crippen LogP contribution >= 0.6 is 0 Å². The molecule has 0 aromatic carbocycles. The molecule has 2 atom stereocenters. The molecule has 308 valence electrons. The number of hydrogen-bond acceptors (Lipinski definition) is 5. The van der Waals surface area contributed by atoms with Crippen molar-refractivity contribution in [1.29, 1.82) is 0 Å². The monoisotopic (exact) mass is 734 g/mol. The summed E-state index contributed by atoms with van der Waals surface area (Å²) in [5, 5.41) is 0. The lowest BCUT2D eigenvalue weighted by Gasteiger charge is -2.21. The normalized spacial score (nSPS) is 14.9. The molecule has 0 bridgehead atoms. The highest BCUT2D eigenvalue weighted by molar-refractivity contribution is 5.69. The summed E-state index contributed by atoms with van der Waals surface area (Å²) >= 11 is 0. The molecule has 1 rings (SSSR count). The van der Waals surface area contributed by atoms with E-state index >= 15 is 0 Å². The summed E-state index contributed by atoms with van der Waals surface area (Å²) in [5.41, 5.74) is 0. The van der Waals surface area contributed by atoms with Crippen molar-refractivity contribution in [3.05, 3.63) is 0 Å². The van der Waals surface area contributed by atoms with E-state index in [4.69, 9.17) is 9.47 Å². The van der Waals surface area contributed by atoms with E-state index in [9.17, 15) is 9.59 Å². The maximum Gasteiger partial charge on any atom is 0.305 e. The second kappa shape index (κ2) is 34.4. The van der Waals surface area contributed by atoms with Gasteiger partial charge in [0.05, 0.1) is 13.2 Å². The third-order valence-electron chi connectivity index (χ3n) is 12.0. The van der Waals surface area contributed by atoms with Gasteiger partial charge >= 0.3 is 11.9 Å². The molecule has 5 nitrogen and oxygen atoms in total. The average Bonchev–Trinajstić information content (AvgIpc) is 3.63. The Balaban J connectivity index is 2.21. The molecule has 0 aliphatic carbocycles. The Bertz CT molecular complexity index is 797. The van der Waals surface area contributed by atoms with Crippen molar-refractivity contribution < 1.29 is 19.1 Å². The van der Waals surface area contributed by atoms with Crippen LogP contribution in [0.2, 0.25) is 0 Å². The van der Waals surface area contributed by atoms with Crippen LogP contribution in [0, 0.1) is 29.6 Å². The topological polar surface area (TPSA) is 55.8 Å². The molecule has 1 saturated heterocycles. The van der Waals surface area contributed by atoms with Crippen molar-refractivity contribution in [2.75, 3.05) is 32.8 Å². The van der Waals surface area contributed by atoms with Crippen LogP contribution < -0.4 is 0 Å². The van der Waals surface area contributed by atoms with Crippen LogP contribution in [0.1, 0.15) is 228 Å². The molecule has 5 heteroatoms. The molecule has 0 spiro atoms. The maximum atomic E-state index is 12.4. The molecule has 0 N–H and O–H groups in total. The smallest absolute Gasteiger partial charge is 0.305 e. The largest absolute Gasteiger partial charge is 0.466 e. The lowest BCUT2D eigenvalue weighted by molar-refractivity contribution is -0.146. The van der Waals surface area contributed by atoms with Crippen LogP contribution in [0.25, 0.3) is 0 Å². The standard InChI is InChI=1S/C47H91NO4/c1-7-9-17-26-44(27-18-10-8-2)35-39-51-46(49)31-21-15-11-13-19-28-43(30-25-38-48-36-23-24-37-48)29-20-14-12-16-22-32-47(50)52-40-45(42(5)6)34-33-41(3)4/h41-45H,7-40H2,1-6H3. The number of rotatable bonds is 37. The molecule has 0 radical (unpaired) electrons. The van der Waals surface area contributed by atoms with Gasteiger partial charge in [0.25, 0.3) is 0 Å². The number of likely N-dealkylation sites (tertiary alicyclic amines) is 1. The van der Waals surface area contributed by atoms with Gasteiger partial charge in [-0.15, -0.1) is 0 Å². The Morgan fingerprint density at radius 2 is 0.981 bits per heavy atom. The highest BCUT2D eigenvalue weighted by Gasteiger charge is 2.17. The second-order valence-corrected chi connectivity index (χ2v) is 17.7. The van der Waals surface area contributed by atoms with E-state index in [1.54, 1.807) is 0 Å². The minimum absolute atomic E-state index is 0.00267. The van der Waals surface area contributed by atoms with E-state index in [1.165, 1.54) is 154 Å². The minimum Gasteiger partial charge on any atom is -0.466 e. The summed E-state index contributed by atoms with van der Waals surface area (Å²) in [6, 6.07) is 0. The third-order valence-corrected chi connectivity index (χ3v) is 12.0. The first-order chi connectivity index (χ1) is 25.2. The van der Waals surface area contributed by atoms with E-state index in [0.29, 0.717) is 43.8 Å². The number of nitrogens with zero attached hydrogens (tertiary/aromatic N) is 1. The van der Waals surface area contributed by atoms with Crippen molar-refractivity contribution in [3.63, 3.8) is 0 Å². The molecule has 0 saturated carbocycles. The number of carbonyl (C=O) groups is 2. The molecule has 0 amide bonds. The van der Waals surface area contributed by atoms with Gasteiger partial charge in [0.15, 0.2) is 0 Å². The number of ether oxygens (including phenoxy) is 2. The summed E-state index contributed by atoms with van der Waals surface area (Å²) in [5.74, 6) is 3.35. The Labute approximate surface area is 325 Å². The van der Waals surface area contributed by atoms with Gasteiger partial charge in [-0.05, 0) is 101 Å². The Kier molecular flexibility index (Phi) is 32.4. The van der Waals surface area contributed by atoms with Gasteiger partial charge in [0.2, 0.25) is 0 Å². The molecule has 1 aliphatic heterocycles. The molecule has 0 aromatic heterocycles. The molecule has 1 fully saturated rings. The lowest BCUT2D eigenvalue weighted by Crippen LogP contribution is -2.21. The predicted molar refractivity (Wildman–Crippen MR) is 224 cm³/mol. The summed E-state index contributed by atoms with van der Waals surface area (Å²) in [7, 11) is 0.